The third-order valence-electron chi connectivity index (χ3n) is 6.17. The average molecular weight is 449 g/mol. The van der Waals surface area contributed by atoms with Gasteiger partial charge in [-0.05, 0) is 45.0 Å². The van der Waals surface area contributed by atoms with Crippen molar-refractivity contribution in [3.05, 3.63) is 53.5 Å². The summed E-state index contributed by atoms with van der Waals surface area (Å²) in [4.78, 5) is 26.3. The molecule has 1 aliphatic carbocycles. The zero-order valence-electron chi connectivity index (χ0n) is 19.6. The quantitative estimate of drug-likeness (QED) is 0.685. The molecule has 1 fully saturated rings. The molecule has 0 radical (unpaired) electrons. The molecule has 0 unspecified atom stereocenters. The van der Waals surface area contributed by atoms with Crippen LogP contribution in [0.4, 0.5) is 0 Å². The summed E-state index contributed by atoms with van der Waals surface area (Å²) in [6.45, 7) is 5.66. The third kappa shape index (κ3) is 5.89. The number of aliphatic hydroxyl groups excluding tert-OH is 1. The summed E-state index contributed by atoms with van der Waals surface area (Å²) in [5.41, 5.74) is 2.11. The van der Waals surface area contributed by atoms with E-state index < -0.39 is 0 Å². The zero-order chi connectivity index (χ0) is 23.4. The van der Waals surface area contributed by atoms with E-state index in [4.69, 9.17) is 4.74 Å². The third-order valence-corrected chi connectivity index (χ3v) is 6.17. The van der Waals surface area contributed by atoms with Gasteiger partial charge in [-0.2, -0.15) is 0 Å². The molecule has 3 heterocycles. The predicted molar refractivity (Wildman–Crippen MR) is 126 cm³/mol. The van der Waals surface area contributed by atoms with Crippen LogP contribution in [0.3, 0.4) is 0 Å². The van der Waals surface area contributed by atoms with Gasteiger partial charge in [-0.15, -0.1) is 0 Å². The molecule has 0 aromatic carbocycles. The Morgan fingerprint density at radius 3 is 2.85 bits per heavy atom. The lowest BCUT2D eigenvalue weighted by Gasteiger charge is -2.37. The van der Waals surface area contributed by atoms with Crippen LogP contribution < -0.4 is 4.74 Å². The predicted octanol–water partition coefficient (Wildman–Crippen LogP) is 2.59. The summed E-state index contributed by atoms with van der Waals surface area (Å²) in [7, 11) is 2.04. The molecule has 0 bridgehead atoms. The molecule has 7 nitrogen and oxygen atoms in total. The molecule has 1 N–H and O–H groups in total. The normalized spacial score (nSPS) is 21.4. The van der Waals surface area contributed by atoms with Crippen molar-refractivity contribution in [2.75, 3.05) is 26.7 Å². The van der Waals surface area contributed by atoms with Gasteiger partial charge in [0, 0.05) is 49.4 Å². The number of hydrogen-bond acceptors (Lipinski definition) is 6. The van der Waals surface area contributed by atoms with Crippen LogP contribution in [0.1, 0.15) is 48.3 Å². The first-order valence-corrected chi connectivity index (χ1v) is 11.6. The highest BCUT2D eigenvalue weighted by atomic mass is 16.5. The van der Waals surface area contributed by atoms with Gasteiger partial charge in [0.15, 0.2) is 0 Å². The Labute approximate surface area is 195 Å². The lowest BCUT2D eigenvalue weighted by molar-refractivity contribution is 0.0324. The molecule has 1 aliphatic heterocycles. The average Bonchev–Trinajstić information content (AvgIpc) is 3.65. The van der Waals surface area contributed by atoms with Gasteiger partial charge in [0.2, 0.25) is 5.88 Å². The number of fused-ring (bicyclic) bond motifs is 1. The van der Waals surface area contributed by atoms with E-state index in [0.717, 1.165) is 18.5 Å². The van der Waals surface area contributed by atoms with Gasteiger partial charge in [0.1, 0.15) is 11.7 Å². The van der Waals surface area contributed by atoms with E-state index in [1.54, 1.807) is 23.4 Å². The highest BCUT2D eigenvalue weighted by Gasteiger charge is 2.34. The SMILES string of the molecule is C[C@H]1CN([C@@H](C)CO)C(=O)c2cc(C#CC3CC3)cnc2O[C@@H]1CN(C)Cc1ccccn1. The largest absolute Gasteiger partial charge is 0.472 e. The van der Waals surface area contributed by atoms with Crippen molar-refractivity contribution in [1.29, 1.82) is 0 Å². The fourth-order valence-electron chi connectivity index (χ4n) is 3.94. The van der Waals surface area contributed by atoms with Crippen LogP contribution in [0.25, 0.3) is 0 Å². The summed E-state index contributed by atoms with van der Waals surface area (Å²) in [5.74, 6) is 7.02. The van der Waals surface area contributed by atoms with Gasteiger partial charge < -0.3 is 14.7 Å². The van der Waals surface area contributed by atoms with Gasteiger partial charge in [0.25, 0.3) is 5.91 Å². The monoisotopic (exact) mass is 448 g/mol. The second-order valence-corrected chi connectivity index (χ2v) is 9.26. The maximum absolute atomic E-state index is 13.4. The lowest BCUT2D eigenvalue weighted by Crippen LogP contribution is -2.49. The molecule has 0 spiro atoms. The minimum atomic E-state index is -0.306. The van der Waals surface area contributed by atoms with Crippen LogP contribution in [0.2, 0.25) is 0 Å². The number of nitrogens with zero attached hydrogens (tertiary/aromatic N) is 4. The molecule has 2 aromatic rings. The molecular weight excluding hydrogens is 416 g/mol. The van der Waals surface area contributed by atoms with E-state index in [1.807, 2.05) is 32.2 Å². The first-order chi connectivity index (χ1) is 15.9. The number of aromatic nitrogens is 2. The Bertz CT molecular complexity index is 1030. The summed E-state index contributed by atoms with van der Waals surface area (Å²) in [5, 5.41) is 9.81. The van der Waals surface area contributed by atoms with E-state index in [-0.39, 0.29) is 30.6 Å². The van der Waals surface area contributed by atoms with Crippen molar-refractivity contribution in [3.63, 3.8) is 0 Å². The van der Waals surface area contributed by atoms with Crippen molar-refractivity contribution >= 4 is 5.91 Å². The first kappa shape index (κ1) is 23.2. The lowest BCUT2D eigenvalue weighted by atomic mass is 10.00. The zero-order valence-corrected chi connectivity index (χ0v) is 19.6. The van der Waals surface area contributed by atoms with Crippen LogP contribution >= 0.6 is 0 Å². The Hall–Kier alpha value is -2.95. The molecule has 7 heteroatoms. The topological polar surface area (TPSA) is 78.8 Å². The van der Waals surface area contributed by atoms with Crippen LogP contribution in [0.15, 0.2) is 36.7 Å². The number of carbonyl (C=O) groups is 1. The van der Waals surface area contributed by atoms with E-state index >= 15 is 0 Å². The van der Waals surface area contributed by atoms with Crippen molar-refractivity contribution < 1.29 is 14.6 Å². The molecule has 1 amide bonds. The molecule has 2 aromatic heterocycles. The van der Waals surface area contributed by atoms with Crippen LogP contribution in [0, 0.1) is 23.7 Å². The Morgan fingerprint density at radius 1 is 1.33 bits per heavy atom. The minimum absolute atomic E-state index is 0.0402. The first-order valence-electron chi connectivity index (χ1n) is 11.6. The number of amides is 1. The van der Waals surface area contributed by atoms with Gasteiger partial charge in [-0.1, -0.05) is 24.8 Å². The minimum Gasteiger partial charge on any atom is -0.472 e. The summed E-state index contributed by atoms with van der Waals surface area (Å²) in [6, 6.07) is 7.36. The van der Waals surface area contributed by atoms with Gasteiger partial charge in [-0.25, -0.2) is 4.98 Å². The Kier molecular flexibility index (Phi) is 7.26. The van der Waals surface area contributed by atoms with Crippen LogP contribution in [-0.2, 0) is 6.54 Å². The van der Waals surface area contributed by atoms with Crippen molar-refractivity contribution in [3.8, 4) is 17.7 Å². The Morgan fingerprint density at radius 2 is 2.15 bits per heavy atom. The van der Waals surface area contributed by atoms with E-state index in [2.05, 4.69) is 33.6 Å². The summed E-state index contributed by atoms with van der Waals surface area (Å²) in [6.07, 6.45) is 5.57. The van der Waals surface area contributed by atoms with E-state index in [1.165, 1.54) is 0 Å². The highest BCUT2D eigenvalue weighted by molar-refractivity contribution is 5.97. The molecule has 1 saturated carbocycles. The van der Waals surface area contributed by atoms with Gasteiger partial charge >= 0.3 is 0 Å². The number of likely N-dealkylation sites (N-methyl/N-ethyl adjacent to an activating group) is 1. The van der Waals surface area contributed by atoms with E-state index in [0.29, 0.717) is 42.6 Å². The van der Waals surface area contributed by atoms with Crippen molar-refractivity contribution in [1.82, 2.24) is 19.8 Å². The van der Waals surface area contributed by atoms with Crippen molar-refractivity contribution in [2.24, 2.45) is 11.8 Å². The van der Waals surface area contributed by atoms with Crippen LogP contribution in [0.5, 0.6) is 5.88 Å². The fraction of sp³-hybridized carbons (Fsp3) is 0.500. The van der Waals surface area contributed by atoms with Crippen LogP contribution in [-0.4, -0.2) is 69.7 Å². The van der Waals surface area contributed by atoms with Crippen molar-refractivity contribution in [2.45, 2.75) is 45.4 Å². The standard InChI is InChI=1S/C26H32N4O3/c1-18-14-30(19(2)17-31)26(32)23-12-21(10-9-20-7-8-20)13-28-25(23)33-24(18)16-29(3)15-22-6-4-5-11-27-22/h4-6,11-13,18-20,24,31H,7-8,14-17H2,1-3H3/t18-,19-,24+/m0/s1. The second kappa shape index (κ2) is 10.3. The maximum atomic E-state index is 13.4. The number of aliphatic hydroxyl groups is 1. The second-order valence-electron chi connectivity index (χ2n) is 9.26. The molecule has 4 rings (SSSR count). The number of hydrogen-bond donors (Lipinski definition) is 1. The molecule has 0 saturated heterocycles. The summed E-state index contributed by atoms with van der Waals surface area (Å²) >= 11 is 0. The van der Waals surface area contributed by atoms with E-state index in [9.17, 15) is 9.90 Å². The number of rotatable bonds is 6. The molecular formula is C26H32N4O3. The Balaban J connectivity index is 1.60. The molecule has 174 valence electrons. The number of ether oxygens (including phenoxy) is 1. The molecule has 3 atom stereocenters. The van der Waals surface area contributed by atoms with Gasteiger partial charge in [0.05, 0.1) is 18.3 Å². The maximum Gasteiger partial charge on any atom is 0.259 e. The molecule has 33 heavy (non-hydrogen) atoms. The highest BCUT2D eigenvalue weighted by Crippen LogP contribution is 2.29. The number of pyridine rings is 2. The fourth-order valence-corrected chi connectivity index (χ4v) is 3.94. The molecule has 2 aliphatic rings. The number of carbonyl (C=O) groups excluding carboxylic acids is 1. The van der Waals surface area contributed by atoms with Gasteiger partial charge in [-0.3, -0.25) is 14.7 Å². The smallest absolute Gasteiger partial charge is 0.259 e. The summed E-state index contributed by atoms with van der Waals surface area (Å²) < 4.78 is 6.35.